The number of anilines is 2. The van der Waals surface area contributed by atoms with Crippen LogP contribution >= 0.6 is 11.3 Å². The molecule has 0 saturated carbocycles. The Morgan fingerprint density at radius 2 is 2.22 bits per heavy atom. The highest BCUT2D eigenvalue weighted by atomic mass is 32.1. The largest absolute Gasteiger partial charge is 0.462 e. The summed E-state index contributed by atoms with van der Waals surface area (Å²) in [6.07, 6.45) is 5.56. The molecule has 10 nitrogen and oxygen atoms in total. The molecule has 2 aromatic rings. The van der Waals surface area contributed by atoms with Crippen molar-refractivity contribution in [2.45, 2.75) is 26.7 Å². The highest BCUT2D eigenvalue weighted by molar-refractivity contribution is 7.17. The van der Waals surface area contributed by atoms with E-state index in [0.29, 0.717) is 60.8 Å². The summed E-state index contributed by atoms with van der Waals surface area (Å²) in [6.45, 7) is 8.75. The van der Waals surface area contributed by atoms with Crippen molar-refractivity contribution >= 4 is 34.3 Å². The highest BCUT2D eigenvalue weighted by Crippen LogP contribution is 2.34. The fraction of sp³-hybridized carbons (Fsp3) is 0.571. The summed E-state index contributed by atoms with van der Waals surface area (Å²) >= 11 is 1.36. The number of urea groups is 1. The van der Waals surface area contributed by atoms with Crippen molar-refractivity contribution in [3.8, 4) is 11.4 Å². The molecule has 1 atom stereocenters. The van der Waals surface area contributed by atoms with Gasteiger partial charge in [0.1, 0.15) is 22.1 Å². The molecule has 0 unspecified atom stereocenters. The third kappa shape index (κ3) is 5.09. The Hall–Kier alpha value is -2.95. The van der Waals surface area contributed by atoms with Crippen LogP contribution < -0.4 is 15.5 Å². The van der Waals surface area contributed by atoms with Gasteiger partial charge in [0.05, 0.1) is 19.0 Å². The van der Waals surface area contributed by atoms with E-state index in [1.165, 1.54) is 17.8 Å². The van der Waals surface area contributed by atoms with Gasteiger partial charge in [-0.1, -0.05) is 18.3 Å². The number of thiazole rings is 1. The molecule has 32 heavy (non-hydrogen) atoms. The molecule has 2 aliphatic heterocycles. The fourth-order valence-electron chi connectivity index (χ4n) is 3.90. The summed E-state index contributed by atoms with van der Waals surface area (Å²) in [6, 6.07) is -0.0397. The summed E-state index contributed by atoms with van der Waals surface area (Å²) in [5, 5.41) is 6.78. The van der Waals surface area contributed by atoms with Crippen molar-refractivity contribution in [2.24, 2.45) is 5.92 Å². The van der Waals surface area contributed by atoms with E-state index in [-0.39, 0.29) is 12.0 Å². The number of rotatable bonds is 8. The third-order valence-corrected chi connectivity index (χ3v) is 6.63. The molecule has 2 N–H and O–H groups in total. The summed E-state index contributed by atoms with van der Waals surface area (Å²) in [5.74, 6) is 0.814. The van der Waals surface area contributed by atoms with Gasteiger partial charge < -0.3 is 25.2 Å². The minimum absolute atomic E-state index is 0.0397. The Bertz CT molecular complexity index is 949. The van der Waals surface area contributed by atoms with Crippen molar-refractivity contribution in [3.63, 3.8) is 0 Å². The van der Waals surface area contributed by atoms with E-state index in [1.54, 1.807) is 24.2 Å². The van der Waals surface area contributed by atoms with Gasteiger partial charge in [-0.25, -0.2) is 24.5 Å². The van der Waals surface area contributed by atoms with E-state index in [4.69, 9.17) is 9.72 Å². The second kappa shape index (κ2) is 10.1. The molecule has 11 heteroatoms. The van der Waals surface area contributed by atoms with Crippen molar-refractivity contribution in [1.29, 1.82) is 0 Å². The van der Waals surface area contributed by atoms with Gasteiger partial charge in [-0.3, -0.25) is 0 Å². The van der Waals surface area contributed by atoms with Crippen molar-refractivity contribution in [2.75, 3.05) is 56.1 Å². The average Bonchev–Trinajstić information content (AvgIpc) is 3.41. The number of carbonyl (C=O) groups excluding carboxylic acids is 2. The maximum absolute atomic E-state index is 12.6. The van der Waals surface area contributed by atoms with Gasteiger partial charge in [-0.05, 0) is 25.7 Å². The molecule has 2 saturated heterocycles. The van der Waals surface area contributed by atoms with Gasteiger partial charge in [0.25, 0.3) is 0 Å². The number of nitrogens with one attached hydrogen (secondary N) is 2. The van der Waals surface area contributed by atoms with E-state index in [0.717, 1.165) is 24.6 Å². The lowest BCUT2D eigenvalue weighted by Crippen LogP contribution is -2.34. The number of amides is 2. The number of nitrogens with zero attached hydrogens (tertiary/aromatic N) is 5. The average molecular weight is 460 g/mol. The molecule has 2 fully saturated rings. The Labute approximate surface area is 191 Å². The van der Waals surface area contributed by atoms with Gasteiger partial charge in [-0.2, -0.15) is 0 Å². The van der Waals surface area contributed by atoms with Crippen molar-refractivity contribution < 1.29 is 14.3 Å². The van der Waals surface area contributed by atoms with Crippen LogP contribution in [0.15, 0.2) is 12.4 Å². The van der Waals surface area contributed by atoms with Crippen LogP contribution in [0.1, 0.15) is 36.4 Å². The zero-order valence-electron chi connectivity index (χ0n) is 18.5. The van der Waals surface area contributed by atoms with Crippen LogP contribution in [-0.4, -0.2) is 77.7 Å². The lowest BCUT2D eigenvalue weighted by atomic mass is 10.0. The zero-order chi connectivity index (χ0) is 22.5. The molecule has 2 amide bonds. The summed E-state index contributed by atoms with van der Waals surface area (Å²) in [7, 11) is 0. The van der Waals surface area contributed by atoms with Crippen LogP contribution in [0.2, 0.25) is 0 Å². The second-order valence-electron chi connectivity index (χ2n) is 8.02. The van der Waals surface area contributed by atoms with Crippen LogP contribution in [0.4, 0.5) is 15.7 Å². The predicted octanol–water partition coefficient (Wildman–Crippen LogP) is 2.45. The molecule has 0 aliphatic carbocycles. The van der Waals surface area contributed by atoms with E-state index < -0.39 is 0 Å². The lowest BCUT2D eigenvalue weighted by molar-refractivity contribution is 0.0532. The summed E-state index contributed by atoms with van der Waals surface area (Å²) < 4.78 is 5.26. The molecule has 2 aliphatic rings. The number of hydrogen-bond donors (Lipinski definition) is 2. The minimum atomic E-state index is -0.385. The maximum atomic E-state index is 12.6. The molecule has 0 radical (unpaired) electrons. The van der Waals surface area contributed by atoms with Gasteiger partial charge in [0.2, 0.25) is 0 Å². The lowest BCUT2D eigenvalue weighted by Gasteiger charge is -2.30. The Morgan fingerprint density at radius 1 is 1.34 bits per heavy atom. The second-order valence-corrected chi connectivity index (χ2v) is 9.00. The first-order valence-electron chi connectivity index (χ1n) is 11.1. The van der Waals surface area contributed by atoms with Crippen molar-refractivity contribution in [1.82, 2.24) is 25.2 Å². The van der Waals surface area contributed by atoms with E-state index >= 15 is 0 Å². The zero-order valence-corrected chi connectivity index (χ0v) is 19.3. The Morgan fingerprint density at radius 3 is 2.91 bits per heavy atom. The molecular weight excluding hydrogens is 430 g/mol. The first-order valence-corrected chi connectivity index (χ1v) is 11.9. The number of aromatic nitrogens is 3. The monoisotopic (exact) mass is 459 g/mol. The topological polar surface area (TPSA) is 113 Å². The van der Waals surface area contributed by atoms with Gasteiger partial charge in [0, 0.05) is 39.3 Å². The van der Waals surface area contributed by atoms with Crippen LogP contribution in [0.25, 0.3) is 11.4 Å². The number of carbonyl (C=O) groups is 2. The molecule has 2 aromatic heterocycles. The molecular formula is C21H29N7O3S. The first-order chi connectivity index (χ1) is 15.5. The van der Waals surface area contributed by atoms with Crippen LogP contribution in [0, 0.1) is 5.92 Å². The van der Waals surface area contributed by atoms with E-state index in [2.05, 4.69) is 32.4 Å². The van der Waals surface area contributed by atoms with E-state index in [9.17, 15) is 9.59 Å². The molecule has 4 heterocycles. The quantitative estimate of drug-likeness (QED) is 0.579. The Kier molecular flexibility index (Phi) is 7.03. The molecule has 0 aromatic carbocycles. The summed E-state index contributed by atoms with van der Waals surface area (Å²) in [4.78, 5) is 42.3. The van der Waals surface area contributed by atoms with E-state index in [1.807, 2.05) is 0 Å². The van der Waals surface area contributed by atoms with Gasteiger partial charge in [0.15, 0.2) is 5.13 Å². The molecule has 4 rings (SSSR count). The maximum Gasteiger partial charge on any atom is 0.350 e. The fourth-order valence-corrected chi connectivity index (χ4v) is 4.90. The smallest absolute Gasteiger partial charge is 0.350 e. The minimum Gasteiger partial charge on any atom is -0.462 e. The Balaban J connectivity index is 1.48. The van der Waals surface area contributed by atoms with Crippen molar-refractivity contribution in [3.05, 3.63) is 17.3 Å². The van der Waals surface area contributed by atoms with Gasteiger partial charge >= 0.3 is 12.0 Å². The number of piperidine rings is 1. The summed E-state index contributed by atoms with van der Waals surface area (Å²) in [5.41, 5.74) is 1.04. The normalized spacial score (nSPS) is 18.6. The van der Waals surface area contributed by atoms with Gasteiger partial charge in [-0.15, -0.1) is 0 Å². The predicted molar refractivity (Wildman–Crippen MR) is 123 cm³/mol. The third-order valence-electron chi connectivity index (χ3n) is 5.53. The van der Waals surface area contributed by atoms with Crippen LogP contribution in [0.5, 0.6) is 0 Å². The number of ether oxygens (including phenoxy) is 1. The standard InChI is InChI=1S/C21H29N7O3S/c1-3-31-19(29)18-17(26-21(32-18)28-8-4-5-14(2)13-28)15-11-25-16(12-24-15)22-6-9-27-10-7-23-20(27)30/h11-12,14H,3-10,13H2,1-2H3,(H,22,25)(H,23,30)/t14-/m1/s1. The number of hydrogen-bond acceptors (Lipinski definition) is 9. The highest BCUT2D eigenvalue weighted by Gasteiger charge is 2.26. The number of esters is 1. The molecule has 0 bridgehead atoms. The first kappa shape index (κ1) is 22.3. The molecule has 0 spiro atoms. The van der Waals surface area contributed by atoms with Crippen LogP contribution in [0.3, 0.4) is 0 Å². The SMILES string of the molecule is CCOC(=O)c1sc(N2CCC[C@@H](C)C2)nc1-c1cnc(NCCN2CCNC2=O)cn1. The molecule has 172 valence electrons. The van der Waals surface area contributed by atoms with Crippen LogP contribution in [-0.2, 0) is 4.74 Å².